The van der Waals surface area contributed by atoms with E-state index in [-0.39, 0.29) is 12.5 Å². The molecule has 2 atom stereocenters. The molecule has 2 unspecified atom stereocenters. The Kier molecular flexibility index (Phi) is 3.06. The predicted octanol–water partition coefficient (Wildman–Crippen LogP) is 2.82. The fourth-order valence-electron chi connectivity index (χ4n) is 1.54. The molecule has 2 nitrogen and oxygen atoms in total. The van der Waals surface area contributed by atoms with Crippen molar-refractivity contribution in [1.82, 2.24) is 0 Å². The van der Waals surface area contributed by atoms with Crippen LogP contribution in [-0.2, 0) is 0 Å². The van der Waals surface area contributed by atoms with Gasteiger partial charge in [0.1, 0.15) is 4.75 Å². The number of benzene rings is 1. The molecule has 4 heteroatoms. The lowest BCUT2D eigenvalue weighted by atomic mass is 10.3. The molecule has 2 rings (SSSR count). The zero-order chi connectivity index (χ0) is 10.9. The van der Waals surface area contributed by atoms with Gasteiger partial charge in [0.05, 0.1) is 6.07 Å². The van der Waals surface area contributed by atoms with Gasteiger partial charge < -0.3 is 5.11 Å². The molecular formula is C11H10BrNOS. The molecule has 1 aromatic carbocycles. The molecule has 1 aliphatic carbocycles. The van der Waals surface area contributed by atoms with E-state index in [1.165, 1.54) is 0 Å². The Labute approximate surface area is 101 Å². The molecule has 1 saturated carbocycles. The molecule has 0 aliphatic heterocycles. The number of rotatable bonds is 3. The van der Waals surface area contributed by atoms with E-state index in [9.17, 15) is 0 Å². The van der Waals surface area contributed by atoms with Crippen LogP contribution in [0.4, 0.5) is 0 Å². The summed E-state index contributed by atoms with van der Waals surface area (Å²) in [4.78, 5) is 1.07. The van der Waals surface area contributed by atoms with Crippen molar-refractivity contribution in [2.75, 3.05) is 6.61 Å². The van der Waals surface area contributed by atoms with Gasteiger partial charge in [-0.1, -0.05) is 22.0 Å². The highest BCUT2D eigenvalue weighted by molar-refractivity contribution is 9.10. The van der Waals surface area contributed by atoms with Crippen molar-refractivity contribution in [3.8, 4) is 6.07 Å². The second-order valence-electron chi connectivity index (χ2n) is 3.64. The molecular weight excluding hydrogens is 274 g/mol. The van der Waals surface area contributed by atoms with Gasteiger partial charge in [0.2, 0.25) is 0 Å². The van der Waals surface area contributed by atoms with Crippen LogP contribution in [0.2, 0.25) is 0 Å². The average Bonchev–Trinajstić information content (AvgIpc) is 2.92. The lowest BCUT2D eigenvalue weighted by Crippen LogP contribution is -2.05. The Hall–Kier alpha value is -0.500. The third-order valence-electron chi connectivity index (χ3n) is 2.55. The van der Waals surface area contributed by atoms with Gasteiger partial charge >= 0.3 is 0 Å². The number of nitriles is 1. The summed E-state index contributed by atoms with van der Waals surface area (Å²) >= 11 is 4.95. The first-order valence-corrected chi connectivity index (χ1v) is 6.28. The fraction of sp³-hybridized carbons (Fsp3) is 0.364. The van der Waals surface area contributed by atoms with E-state index in [1.807, 2.05) is 24.3 Å². The maximum absolute atomic E-state index is 9.10. The standard InChI is InChI=1S/C11H10BrNOS/c12-9-2-1-3-10(4-9)15-11(7-13)5-8(11)6-14/h1-4,8,14H,5-6H2. The van der Waals surface area contributed by atoms with Gasteiger partial charge in [-0.25, -0.2) is 0 Å². The second kappa shape index (κ2) is 4.17. The SMILES string of the molecule is N#CC1(Sc2cccc(Br)c2)CC1CO. The molecule has 0 aromatic heterocycles. The molecule has 15 heavy (non-hydrogen) atoms. The molecule has 1 aliphatic rings. The molecule has 0 radical (unpaired) electrons. The molecule has 1 fully saturated rings. The van der Waals surface area contributed by atoms with Crippen molar-refractivity contribution in [3.05, 3.63) is 28.7 Å². The predicted molar refractivity (Wildman–Crippen MR) is 63.5 cm³/mol. The summed E-state index contributed by atoms with van der Waals surface area (Å²) in [5, 5.41) is 18.1. The normalized spacial score (nSPS) is 28.5. The van der Waals surface area contributed by atoms with E-state index in [1.54, 1.807) is 11.8 Å². The number of aliphatic hydroxyl groups is 1. The van der Waals surface area contributed by atoms with Crippen LogP contribution >= 0.6 is 27.7 Å². The van der Waals surface area contributed by atoms with Gasteiger partial charge in [0.15, 0.2) is 0 Å². The largest absolute Gasteiger partial charge is 0.396 e. The van der Waals surface area contributed by atoms with Crippen molar-refractivity contribution >= 4 is 27.7 Å². The summed E-state index contributed by atoms with van der Waals surface area (Å²) in [5.41, 5.74) is 0. The van der Waals surface area contributed by atoms with Crippen molar-refractivity contribution in [3.63, 3.8) is 0 Å². The third-order valence-corrected chi connectivity index (χ3v) is 4.49. The fourth-order valence-corrected chi connectivity index (χ4v) is 3.42. The highest BCUT2D eigenvalue weighted by Crippen LogP contribution is 2.56. The van der Waals surface area contributed by atoms with E-state index >= 15 is 0 Å². The van der Waals surface area contributed by atoms with E-state index in [0.29, 0.717) is 0 Å². The third kappa shape index (κ3) is 2.20. The number of nitrogens with zero attached hydrogens (tertiary/aromatic N) is 1. The molecule has 0 amide bonds. The van der Waals surface area contributed by atoms with Crippen molar-refractivity contribution in [1.29, 1.82) is 5.26 Å². The Morgan fingerprint density at radius 1 is 1.67 bits per heavy atom. The molecule has 0 spiro atoms. The van der Waals surface area contributed by atoms with Crippen LogP contribution in [0.5, 0.6) is 0 Å². The zero-order valence-electron chi connectivity index (χ0n) is 7.98. The molecule has 78 valence electrons. The minimum absolute atomic E-state index is 0.106. The first-order valence-electron chi connectivity index (χ1n) is 4.67. The zero-order valence-corrected chi connectivity index (χ0v) is 10.4. The Morgan fingerprint density at radius 3 is 3.00 bits per heavy atom. The Bertz CT molecular complexity index is 417. The quantitative estimate of drug-likeness (QED) is 0.928. The van der Waals surface area contributed by atoms with Crippen LogP contribution in [0.3, 0.4) is 0 Å². The van der Waals surface area contributed by atoms with Crippen LogP contribution in [0, 0.1) is 17.2 Å². The smallest absolute Gasteiger partial charge is 0.112 e. The summed E-state index contributed by atoms with van der Waals surface area (Å²) in [6.45, 7) is 0.106. The van der Waals surface area contributed by atoms with Gasteiger partial charge in [-0.2, -0.15) is 5.26 Å². The van der Waals surface area contributed by atoms with Crippen LogP contribution in [-0.4, -0.2) is 16.5 Å². The summed E-state index contributed by atoms with van der Waals surface area (Å²) in [7, 11) is 0. The highest BCUT2D eigenvalue weighted by Gasteiger charge is 2.55. The van der Waals surface area contributed by atoms with Crippen LogP contribution in [0.15, 0.2) is 33.6 Å². The number of hydrogen-bond acceptors (Lipinski definition) is 3. The molecule has 1 N–H and O–H groups in total. The summed E-state index contributed by atoms with van der Waals surface area (Å²) < 4.78 is 0.622. The minimum Gasteiger partial charge on any atom is -0.396 e. The number of halogens is 1. The van der Waals surface area contributed by atoms with E-state index in [2.05, 4.69) is 22.0 Å². The number of thioether (sulfide) groups is 1. The Morgan fingerprint density at radius 2 is 2.47 bits per heavy atom. The summed E-state index contributed by atoms with van der Waals surface area (Å²) in [6.07, 6.45) is 0.789. The van der Waals surface area contributed by atoms with Gasteiger partial charge in [-0.15, -0.1) is 11.8 Å². The molecule has 0 heterocycles. The van der Waals surface area contributed by atoms with Crippen molar-refractivity contribution < 1.29 is 5.11 Å². The number of aliphatic hydroxyl groups excluding tert-OH is 1. The first-order chi connectivity index (χ1) is 7.20. The van der Waals surface area contributed by atoms with E-state index in [0.717, 1.165) is 15.8 Å². The summed E-state index contributed by atoms with van der Waals surface area (Å²) in [5.74, 6) is 0.131. The lowest BCUT2D eigenvalue weighted by molar-refractivity contribution is 0.275. The van der Waals surface area contributed by atoms with E-state index < -0.39 is 4.75 Å². The molecule has 0 bridgehead atoms. The van der Waals surface area contributed by atoms with Gasteiger partial charge in [-0.3, -0.25) is 0 Å². The van der Waals surface area contributed by atoms with Crippen LogP contribution < -0.4 is 0 Å². The minimum atomic E-state index is -0.393. The second-order valence-corrected chi connectivity index (χ2v) is 5.96. The average molecular weight is 284 g/mol. The lowest BCUT2D eigenvalue weighted by Gasteiger charge is -2.07. The van der Waals surface area contributed by atoms with Gasteiger partial charge in [-0.05, 0) is 24.6 Å². The topological polar surface area (TPSA) is 44.0 Å². The van der Waals surface area contributed by atoms with Crippen molar-refractivity contribution in [2.24, 2.45) is 5.92 Å². The van der Waals surface area contributed by atoms with Crippen LogP contribution in [0.25, 0.3) is 0 Å². The van der Waals surface area contributed by atoms with Gasteiger partial charge in [0, 0.05) is 21.9 Å². The highest BCUT2D eigenvalue weighted by atomic mass is 79.9. The molecule has 1 aromatic rings. The summed E-state index contributed by atoms with van der Waals surface area (Å²) in [6, 6.07) is 10.2. The molecule has 0 saturated heterocycles. The first kappa shape index (κ1) is 11.0. The maximum atomic E-state index is 9.10. The van der Waals surface area contributed by atoms with Gasteiger partial charge in [0.25, 0.3) is 0 Å². The Balaban J connectivity index is 2.13. The van der Waals surface area contributed by atoms with E-state index in [4.69, 9.17) is 10.4 Å². The monoisotopic (exact) mass is 283 g/mol. The maximum Gasteiger partial charge on any atom is 0.112 e. The van der Waals surface area contributed by atoms with Crippen LogP contribution in [0.1, 0.15) is 6.42 Å². The number of hydrogen-bond donors (Lipinski definition) is 1. The van der Waals surface area contributed by atoms with Crippen molar-refractivity contribution in [2.45, 2.75) is 16.1 Å².